The lowest BCUT2D eigenvalue weighted by molar-refractivity contribution is -0.0284. The molecular weight excluding hydrogens is 268 g/mol. The molecule has 1 aromatic heterocycles. The second-order valence-electron chi connectivity index (χ2n) is 6.23. The van der Waals surface area contributed by atoms with Gasteiger partial charge in [-0.15, -0.1) is 0 Å². The summed E-state index contributed by atoms with van der Waals surface area (Å²) < 4.78 is 5.21. The van der Waals surface area contributed by atoms with Gasteiger partial charge < -0.3 is 14.9 Å². The summed E-state index contributed by atoms with van der Waals surface area (Å²) in [5.41, 5.74) is 1.02. The molecule has 2 N–H and O–H groups in total. The smallest absolute Gasteiger partial charge is 0.213 e. The average molecular weight is 292 g/mol. The van der Waals surface area contributed by atoms with Gasteiger partial charge in [0.15, 0.2) is 0 Å². The Hall–Kier alpha value is -1.17. The number of aliphatic hydroxyl groups is 2. The molecule has 21 heavy (non-hydrogen) atoms. The number of ether oxygens (including phenoxy) is 1. The Morgan fingerprint density at radius 2 is 2.19 bits per heavy atom. The van der Waals surface area contributed by atoms with Gasteiger partial charge in [-0.3, -0.25) is 4.90 Å². The van der Waals surface area contributed by atoms with E-state index in [1.54, 1.807) is 7.11 Å². The largest absolute Gasteiger partial charge is 0.481 e. The van der Waals surface area contributed by atoms with Gasteiger partial charge in [0.2, 0.25) is 5.88 Å². The summed E-state index contributed by atoms with van der Waals surface area (Å²) >= 11 is 0. The third-order valence-electron chi connectivity index (χ3n) is 4.90. The van der Waals surface area contributed by atoms with Crippen LogP contribution >= 0.6 is 0 Å². The van der Waals surface area contributed by atoms with Crippen LogP contribution in [0, 0.1) is 5.92 Å². The highest BCUT2D eigenvalue weighted by molar-refractivity contribution is 5.20. The molecule has 3 heterocycles. The van der Waals surface area contributed by atoms with Crippen molar-refractivity contribution in [1.29, 1.82) is 0 Å². The van der Waals surface area contributed by atoms with Crippen LogP contribution in [-0.2, 0) is 0 Å². The molecule has 5 heteroatoms. The summed E-state index contributed by atoms with van der Waals surface area (Å²) in [5, 5.41) is 19.6. The molecule has 0 aliphatic carbocycles. The van der Waals surface area contributed by atoms with Gasteiger partial charge in [0.25, 0.3) is 0 Å². The van der Waals surface area contributed by atoms with E-state index >= 15 is 0 Å². The van der Waals surface area contributed by atoms with Gasteiger partial charge in [-0.1, -0.05) is 6.07 Å². The first kappa shape index (κ1) is 14.8. The van der Waals surface area contributed by atoms with E-state index in [0.29, 0.717) is 24.4 Å². The van der Waals surface area contributed by atoms with Crippen molar-refractivity contribution in [3.8, 4) is 5.88 Å². The molecule has 4 atom stereocenters. The van der Waals surface area contributed by atoms with Crippen LogP contribution in [0.4, 0.5) is 0 Å². The predicted octanol–water partition coefficient (Wildman–Crippen LogP) is 1.01. The molecule has 5 nitrogen and oxygen atoms in total. The van der Waals surface area contributed by atoms with E-state index in [0.717, 1.165) is 31.5 Å². The third-order valence-corrected chi connectivity index (χ3v) is 4.90. The zero-order valence-corrected chi connectivity index (χ0v) is 12.5. The Kier molecular flexibility index (Phi) is 4.42. The van der Waals surface area contributed by atoms with Gasteiger partial charge in [0.05, 0.1) is 13.2 Å². The number of methoxy groups -OCH3 is 1. The van der Waals surface area contributed by atoms with Gasteiger partial charge in [-0.2, -0.15) is 0 Å². The standard InChI is InChI=1S/C16H24N2O3/c1-21-16-4-2-3-14(17-16)11-7-12(10-19)15-6-5-13(20)9-18(15)8-11/h2-4,11-13,15,19-20H,5-10H2,1H3/t11-,12-,13+,15-/m0/s1. The Morgan fingerprint density at radius 1 is 1.33 bits per heavy atom. The van der Waals surface area contributed by atoms with E-state index in [1.807, 2.05) is 18.2 Å². The van der Waals surface area contributed by atoms with Crippen LogP contribution in [0.25, 0.3) is 0 Å². The zero-order valence-electron chi connectivity index (χ0n) is 12.5. The van der Waals surface area contributed by atoms with Crippen molar-refractivity contribution >= 4 is 0 Å². The topological polar surface area (TPSA) is 65.8 Å². The van der Waals surface area contributed by atoms with Crippen LogP contribution in [-0.4, -0.2) is 59.0 Å². The van der Waals surface area contributed by atoms with Crippen LogP contribution in [0.2, 0.25) is 0 Å². The fraction of sp³-hybridized carbons (Fsp3) is 0.688. The summed E-state index contributed by atoms with van der Waals surface area (Å²) in [7, 11) is 1.63. The minimum atomic E-state index is -0.238. The first-order valence-electron chi connectivity index (χ1n) is 7.75. The van der Waals surface area contributed by atoms with Gasteiger partial charge in [-0.25, -0.2) is 4.98 Å². The van der Waals surface area contributed by atoms with E-state index in [1.165, 1.54) is 0 Å². The number of fused-ring (bicyclic) bond motifs is 1. The van der Waals surface area contributed by atoms with Crippen molar-refractivity contribution in [3.63, 3.8) is 0 Å². The Bertz CT molecular complexity index is 482. The Morgan fingerprint density at radius 3 is 2.95 bits per heavy atom. The molecule has 0 unspecified atom stereocenters. The van der Waals surface area contributed by atoms with E-state index < -0.39 is 0 Å². The Balaban J connectivity index is 1.80. The molecule has 0 saturated carbocycles. The van der Waals surface area contributed by atoms with Gasteiger partial charge in [0, 0.05) is 43.4 Å². The van der Waals surface area contributed by atoms with Crippen molar-refractivity contribution in [2.24, 2.45) is 5.92 Å². The molecule has 116 valence electrons. The molecule has 1 aromatic rings. The number of pyridine rings is 1. The van der Waals surface area contributed by atoms with Crippen LogP contribution in [0.15, 0.2) is 18.2 Å². The number of hydrogen-bond acceptors (Lipinski definition) is 5. The van der Waals surface area contributed by atoms with Crippen molar-refractivity contribution < 1.29 is 14.9 Å². The molecular formula is C16H24N2O3. The summed E-state index contributed by atoms with van der Waals surface area (Å²) in [6.07, 6.45) is 2.54. The molecule has 0 radical (unpaired) electrons. The normalized spacial score (nSPS) is 33.5. The lowest BCUT2D eigenvalue weighted by Crippen LogP contribution is -2.54. The van der Waals surface area contributed by atoms with Crippen LogP contribution in [0.5, 0.6) is 5.88 Å². The summed E-state index contributed by atoms with van der Waals surface area (Å²) in [6.45, 7) is 1.82. The van der Waals surface area contributed by atoms with Crippen molar-refractivity contribution in [3.05, 3.63) is 23.9 Å². The van der Waals surface area contributed by atoms with Crippen molar-refractivity contribution in [2.75, 3.05) is 26.8 Å². The minimum Gasteiger partial charge on any atom is -0.481 e. The highest BCUT2D eigenvalue weighted by atomic mass is 16.5. The van der Waals surface area contributed by atoms with Gasteiger partial charge in [-0.05, 0) is 31.2 Å². The first-order chi connectivity index (χ1) is 10.2. The zero-order chi connectivity index (χ0) is 14.8. The van der Waals surface area contributed by atoms with Gasteiger partial charge in [0.1, 0.15) is 0 Å². The second-order valence-corrected chi connectivity index (χ2v) is 6.23. The molecule has 2 aliphatic rings. The SMILES string of the molecule is COc1cccc([C@H]2C[C@@H](CO)[C@@H]3CC[C@@H](O)CN3C2)n1. The highest BCUT2D eigenvalue weighted by Gasteiger charge is 2.39. The monoisotopic (exact) mass is 292 g/mol. The molecule has 2 saturated heterocycles. The number of hydrogen-bond donors (Lipinski definition) is 2. The minimum absolute atomic E-state index is 0.206. The molecule has 0 spiro atoms. The second kappa shape index (κ2) is 6.30. The molecule has 0 amide bonds. The molecule has 0 bridgehead atoms. The highest BCUT2D eigenvalue weighted by Crippen LogP contribution is 2.37. The lowest BCUT2D eigenvalue weighted by atomic mass is 9.78. The number of nitrogens with zero attached hydrogens (tertiary/aromatic N) is 2. The number of aliphatic hydroxyl groups excluding tert-OH is 2. The maximum absolute atomic E-state index is 9.91. The van der Waals surface area contributed by atoms with Crippen LogP contribution < -0.4 is 4.74 Å². The van der Waals surface area contributed by atoms with Crippen molar-refractivity contribution in [1.82, 2.24) is 9.88 Å². The van der Waals surface area contributed by atoms with Gasteiger partial charge >= 0.3 is 0 Å². The summed E-state index contributed by atoms with van der Waals surface area (Å²) in [5.74, 6) is 1.19. The van der Waals surface area contributed by atoms with E-state index in [2.05, 4.69) is 9.88 Å². The maximum Gasteiger partial charge on any atom is 0.213 e. The van der Waals surface area contributed by atoms with E-state index in [-0.39, 0.29) is 18.6 Å². The summed E-state index contributed by atoms with van der Waals surface area (Å²) in [6, 6.07) is 6.25. The number of aromatic nitrogens is 1. The number of rotatable bonds is 3. The van der Waals surface area contributed by atoms with E-state index in [4.69, 9.17) is 4.74 Å². The summed E-state index contributed by atoms with van der Waals surface area (Å²) in [4.78, 5) is 6.88. The third kappa shape index (κ3) is 3.05. The van der Waals surface area contributed by atoms with E-state index in [9.17, 15) is 10.2 Å². The molecule has 3 rings (SSSR count). The molecule has 2 fully saturated rings. The fourth-order valence-corrected chi connectivity index (χ4v) is 3.85. The van der Waals surface area contributed by atoms with Crippen molar-refractivity contribution in [2.45, 2.75) is 37.3 Å². The molecule has 2 aliphatic heterocycles. The Labute approximate surface area is 125 Å². The quantitative estimate of drug-likeness (QED) is 0.870. The number of piperidine rings is 2. The average Bonchev–Trinajstić information content (AvgIpc) is 2.53. The van der Waals surface area contributed by atoms with Crippen LogP contribution in [0.3, 0.4) is 0 Å². The maximum atomic E-state index is 9.91. The predicted molar refractivity (Wildman–Crippen MR) is 79.3 cm³/mol. The first-order valence-corrected chi connectivity index (χ1v) is 7.75. The fourth-order valence-electron chi connectivity index (χ4n) is 3.85. The van der Waals surface area contributed by atoms with Crippen LogP contribution in [0.1, 0.15) is 30.9 Å². The lowest BCUT2D eigenvalue weighted by Gasteiger charge is -2.47. The molecule has 0 aromatic carbocycles.